The number of halogens is 2. The molecule has 0 atom stereocenters. The van der Waals surface area contributed by atoms with Crippen LogP contribution in [-0.4, -0.2) is 19.9 Å². The molecule has 0 bridgehead atoms. The van der Waals surface area contributed by atoms with Crippen LogP contribution < -0.4 is 0 Å². The zero-order chi connectivity index (χ0) is 11.8. The van der Waals surface area contributed by atoms with Gasteiger partial charge >= 0.3 is 0 Å². The molecule has 0 aromatic carbocycles. The third-order valence-electron chi connectivity index (χ3n) is 2.36. The molecule has 0 aliphatic carbocycles. The first-order valence-corrected chi connectivity index (χ1v) is 5.62. The van der Waals surface area contributed by atoms with Crippen molar-refractivity contribution < 1.29 is 0 Å². The number of fused-ring (bicyclic) bond motifs is 1. The fourth-order valence-electron chi connectivity index (χ4n) is 1.56. The summed E-state index contributed by atoms with van der Waals surface area (Å²) in [5.74, 6) is 0.694. The van der Waals surface area contributed by atoms with Crippen LogP contribution in [0.15, 0.2) is 30.6 Å². The van der Waals surface area contributed by atoms with Gasteiger partial charge in [0.15, 0.2) is 5.15 Å². The predicted octanol–water partition coefficient (Wildman–Crippen LogP) is 3.33. The monoisotopic (exact) mass is 264 g/mol. The molecular formula is C11H6Cl2N4. The lowest BCUT2D eigenvalue weighted by atomic mass is 10.3. The molecule has 0 radical (unpaired) electrons. The maximum atomic E-state index is 5.95. The van der Waals surface area contributed by atoms with Crippen molar-refractivity contribution in [3.05, 3.63) is 40.9 Å². The van der Waals surface area contributed by atoms with Gasteiger partial charge in [-0.15, -0.1) is 0 Å². The minimum Gasteiger partial charge on any atom is -0.338 e. The van der Waals surface area contributed by atoms with Crippen molar-refractivity contribution in [3.63, 3.8) is 0 Å². The van der Waals surface area contributed by atoms with E-state index in [9.17, 15) is 0 Å². The highest BCUT2D eigenvalue weighted by Gasteiger charge is 2.08. The van der Waals surface area contributed by atoms with Crippen molar-refractivity contribution in [2.75, 3.05) is 0 Å². The van der Waals surface area contributed by atoms with Gasteiger partial charge in [-0.1, -0.05) is 23.2 Å². The molecule has 84 valence electrons. The Kier molecular flexibility index (Phi) is 2.46. The molecule has 17 heavy (non-hydrogen) atoms. The van der Waals surface area contributed by atoms with Gasteiger partial charge in [0.05, 0.1) is 5.52 Å². The summed E-state index contributed by atoms with van der Waals surface area (Å²) in [6.07, 6.45) is 3.29. The zero-order valence-corrected chi connectivity index (χ0v) is 10.00. The number of hydrogen-bond acceptors (Lipinski definition) is 3. The Balaban J connectivity index is 2.18. The highest BCUT2D eigenvalue weighted by molar-refractivity contribution is 6.33. The van der Waals surface area contributed by atoms with Crippen LogP contribution in [-0.2, 0) is 0 Å². The summed E-state index contributed by atoms with van der Waals surface area (Å²) in [5, 5.41) is 0.830. The highest BCUT2D eigenvalue weighted by Crippen LogP contribution is 2.23. The number of imidazole rings is 1. The summed E-state index contributed by atoms with van der Waals surface area (Å²) in [5.41, 5.74) is 2.34. The molecule has 0 spiro atoms. The van der Waals surface area contributed by atoms with Gasteiger partial charge in [-0.05, 0) is 18.2 Å². The molecule has 1 N–H and O–H groups in total. The first kappa shape index (κ1) is 10.5. The molecule has 0 fully saturated rings. The van der Waals surface area contributed by atoms with Crippen LogP contribution in [0.3, 0.4) is 0 Å². The van der Waals surface area contributed by atoms with E-state index in [4.69, 9.17) is 23.2 Å². The van der Waals surface area contributed by atoms with Crippen LogP contribution in [0.5, 0.6) is 0 Å². The van der Waals surface area contributed by atoms with E-state index >= 15 is 0 Å². The van der Waals surface area contributed by atoms with Crippen molar-refractivity contribution in [2.24, 2.45) is 0 Å². The molecule has 0 aliphatic rings. The van der Waals surface area contributed by atoms with E-state index in [1.165, 1.54) is 0 Å². The van der Waals surface area contributed by atoms with E-state index in [1.807, 2.05) is 12.1 Å². The average molecular weight is 265 g/mol. The standard InChI is InChI=1S/C11H6Cl2N4/c12-8-2-1-6(5-15-8)11-16-7-3-4-14-10(13)9(7)17-11/h1-5H,(H,16,17). The van der Waals surface area contributed by atoms with E-state index in [2.05, 4.69) is 19.9 Å². The quantitative estimate of drug-likeness (QED) is 0.686. The second-order valence-corrected chi connectivity index (χ2v) is 4.20. The molecule has 0 saturated carbocycles. The Hall–Kier alpha value is -1.65. The Labute approximate surface area is 107 Å². The summed E-state index contributed by atoms with van der Waals surface area (Å²) in [6, 6.07) is 5.37. The fraction of sp³-hybridized carbons (Fsp3) is 0. The van der Waals surface area contributed by atoms with E-state index in [-0.39, 0.29) is 0 Å². The molecule has 3 heterocycles. The van der Waals surface area contributed by atoms with Gasteiger partial charge in [0.25, 0.3) is 0 Å². The van der Waals surface area contributed by atoms with Gasteiger partial charge in [0.1, 0.15) is 16.5 Å². The Morgan fingerprint density at radius 1 is 1.06 bits per heavy atom. The molecule has 0 saturated heterocycles. The van der Waals surface area contributed by atoms with Crippen LogP contribution >= 0.6 is 23.2 Å². The van der Waals surface area contributed by atoms with Gasteiger partial charge in [0, 0.05) is 18.0 Å². The highest BCUT2D eigenvalue weighted by atomic mass is 35.5. The summed E-state index contributed by atoms with van der Waals surface area (Å²) in [6.45, 7) is 0. The lowest BCUT2D eigenvalue weighted by molar-refractivity contribution is 1.27. The minimum absolute atomic E-state index is 0.381. The second-order valence-electron chi connectivity index (χ2n) is 3.45. The van der Waals surface area contributed by atoms with Gasteiger partial charge in [-0.25, -0.2) is 15.0 Å². The number of H-pyrrole nitrogens is 1. The Morgan fingerprint density at radius 3 is 2.65 bits per heavy atom. The number of hydrogen-bond donors (Lipinski definition) is 1. The molecule has 4 nitrogen and oxygen atoms in total. The first-order chi connectivity index (χ1) is 8.24. The van der Waals surface area contributed by atoms with Crippen LogP contribution in [0.2, 0.25) is 10.3 Å². The van der Waals surface area contributed by atoms with E-state index in [0.29, 0.717) is 21.6 Å². The third kappa shape index (κ3) is 1.85. The van der Waals surface area contributed by atoms with Crippen LogP contribution in [0.4, 0.5) is 0 Å². The lowest BCUT2D eigenvalue weighted by Crippen LogP contribution is -1.82. The molecule has 3 aromatic rings. The summed E-state index contributed by atoms with van der Waals surface area (Å²) >= 11 is 11.7. The minimum atomic E-state index is 0.381. The molecule has 0 unspecified atom stereocenters. The molecule has 3 aromatic heterocycles. The second kappa shape index (κ2) is 3.98. The topological polar surface area (TPSA) is 54.5 Å². The number of nitrogens with one attached hydrogen (secondary N) is 1. The van der Waals surface area contributed by atoms with Crippen molar-refractivity contribution in [2.45, 2.75) is 0 Å². The van der Waals surface area contributed by atoms with Crippen LogP contribution in [0.1, 0.15) is 0 Å². The zero-order valence-electron chi connectivity index (χ0n) is 8.48. The average Bonchev–Trinajstić information content (AvgIpc) is 2.75. The third-order valence-corrected chi connectivity index (χ3v) is 2.86. The molecular weight excluding hydrogens is 259 g/mol. The maximum Gasteiger partial charge on any atom is 0.156 e. The smallest absolute Gasteiger partial charge is 0.156 e. The largest absolute Gasteiger partial charge is 0.338 e. The van der Waals surface area contributed by atoms with E-state index in [0.717, 1.165) is 11.1 Å². The Morgan fingerprint density at radius 2 is 1.94 bits per heavy atom. The van der Waals surface area contributed by atoms with Gasteiger partial charge in [-0.3, -0.25) is 0 Å². The number of pyridine rings is 2. The SMILES string of the molecule is Clc1ccc(-c2nc3c(Cl)nccc3[nH]2)cn1. The molecule has 0 aliphatic heterocycles. The summed E-state index contributed by atoms with van der Waals surface area (Å²) < 4.78 is 0. The number of rotatable bonds is 1. The molecule has 6 heteroatoms. The van der Waals surface area contributed by atoms with Gasteiger partial charge in [-0.2, -0.15) is 0 Å². The number of nitrogens with zero attached hydrogens (tertiary/aromatic N) is 3. The van der Waals surface area contributed by atoms with Crippen LogP contribution in [0, 0.1) is 0 Å². The predicted molar refractivity (Wildman–Crippen MR) is 67.1 cm³/mol. The maximum absolute atomic E-state index is 5.95. The van der Waals surface area contributed by atoms with Crippen molar-refractivity contribution >= 4 is 34.2 Å². The van der Waals surface area contributed by atoms with Gasteiger partial charge < -0.3 is 4.98 Å². The van der Waals surface area contributed by atoms with Gasteiger partial charge in [0.2, 0.25) is 0 Å². The summed E-state index contributed by atoms with van der Waals surface area (Å²) in [4.78, 5) is 15.5. The van der Waals surface area contributed by atoms with Crippen LogP contribution in [0.25, 0.3) is 22.4 Å². The molecule has 0 amide bonds. The van der Waals surface area contributed by atoms with Crippen molar-refractivity contribution in [1.82, 2.24) is 19.9 Å². The number of aromatic nitrogens is 4. The molecule has 3 rings (SSSR count). The van der Waals surface area contributed by atoms with E-state index in [1.54, 1.807) is 18.5 Å². The van der Waals surface area contributed by atoms with E-state index < -0.39 is 0 Å². The number of aromatic amines is 1. The van der Waals surface area contributed by atoms with Crippen molar-refractivity contribution in [1.29, 1.82) is 0 Å². The fourth-order valence-corrected chi connectivity index (χ4v) is 1.87. The first-order valence-electron chi connectivity index (χ1n) is 4.86. The normalized spacial score (nSPS) is 10.9. The Bertz CT molecular complexity index is 676. The lowest BCUT2D eigenvalue weighted by Gasteiger charge is -1.94. The van der Waals surface area contributed by atoms with Crippen molar-refractivity contribution in [3.8, 4) is 11.4 Å². The summed E-state index contributed by atoms with van der Waals surface area (Å²) in [7, 11) is 0.